The van der Waals surface area contributed by atoms with Crippen molar-refractivity contribution in [1.29, 1.82) is 0 Å². The second-order valence-corrected chi connectivity index (χ2v) is 7.12. The zero-order valence-corrected chi connectivity index (χ0v) is 10.3. The van der Waals surface area contributed by atoms with Gasteiger partial charge >= 0.3 is 0 Å². The highest BCUT2D eigenvalue weighted by Crippen LogP contribution is 2.17. The molecule has 0 aromatic carbocycles. The molecule has 0 bridgehead atoms. The van der Waals surface area contributed by atoms with Crippen LogP contribution in [0.15, 0.2) is 24.0 Å². The number of sulfone groups is 1. The molecule has 0 aliphatic carbocycles. The first-order valence-electron chi connectivity index (χ1n) is 4.56. The number of nitrogens with zero attached hydrogens (tertiary/aromatic N) is 1. The standard InChI is InChI=1S/C8H14N2O4S2/c1-3-15(11,12)8-7-9-5-6-10(8)16(13,14)4-2/h3-4,8-9H,1-2,5-7H2. The fraction of sp³-hybridized carbons (Fsp3) is 0.500. The number of piperazine rings is 1. The molecule has 1 saturated heterocycles. The Balaban J connectivity index is 3.16. The van der Waals surface area contributed by atoms with Gasteiger partial charge in [0, 0.05) is 30.5 Å². The van der Waals surface area contributed by atoms with Crippen LogP contribution in [0.1, 0.15) is 0 Å². The van der Waals surface area contributed by atoms with Gasteiger partial charge in [-0.25, -0.2) is 16.8 Å². The van der Waals surface area contributed by atoms with Gasteiger partial charge in [-0.3, -0.25) is 0 Å². The van der Waals surface area contributed by atoms with Gasteiger partial charge in [-0.15, -0.1) is 0 Å². The normalized spacial score (nSPS) is 23.9. The summed E-state index contributed by atoms with van der Waals surface area (Å²) in [6.07, 6.45) is 0. The van der Waals surface area contributed by atoms with Crippen LogP contribution in [-0.2, 0) is 19.9 Å². The van der Waals surface area contributed by atoms with Crippen molar-refractivity contribution < 1.29 is 16.8 Å². The summed E-state index contributed by atoms with van der Waals surface area (Å²) >= 11 is 0. The monoisotopic (exact) mass is 266 g/mol. The molecule has 0 aromatic heterocycles. The summed E-state index contributed by atoms with van der Waals surface area (Å²) in [5, 5.41) is 3.22. The summed E-state index contributed by atoms with van der Waals surface area (Å²) < 4.78 is 47.4. The Morgan fingerprint density at radius 3 is 2.31 bits per heavy atom. The van der Waals surface area contributed by atoms with Crippen LogP contribution in [0.25, 0.3) is 0 Å². The fourth-order valence-corrected chi connectivity index (χ4v) is 4.10. The summed E-state index contributed by atoms with van der Waals surface area (Å²) in [7, 11) is -7.40. The molecule has 1 heterocycles. The first kappa shape index (κ1) is 13.4. The maximum Gasteiger partial charge on any atom is 0.236 e. The molecule has 0 aromatic rings. The third-order valence-corrected chi connectivity index (χ3v) is 5.59. The Bertz CT molecular complexity index is 434. The van der Waals surface area contributed by atoms with E-state index in [9.17, 15) is 16.8 Å². The van der Waals surface area contributed by atoms with Crippen LogP contribution < -0.4 is 5.32 Å². The highest BCUT2D eigenvalue weighted by atomic mass is 32.2. The van der Waals surface area contributed by atoms with Crippen LogP contribution in [0, 0.1) is 0 Å². The lowest BCUT2D eigenvalue weighted by Gasteiger charge is -2.32. The zero-order chi connectivity index (χ0) is 12.4. The SMILES string of the molecule is C=CS(=O)(=O)C1CNCCN1S(=O)(=O)C=C. The minimum absolute atomic E-state index is 0.0570. The van der Waals surface area contributed by atoms with E-state index in [0.29, 0.717) is 6.54 Å². The molecular weight excluding hydrogens is 252 g/mol. The molecule has 1 rings (SSSR count). The molecule has 1 fully saturated rings. The van der Waals surface area contributed by atoms with E-state index in [4.69, 9.17) is 0 Å². The lowest BCUT2D eigenvalue weighted by molar-refractivity contribution is 0.328. The molecule has 8 heteroatoms. The highest BCUT2D eigenvalue weighted by molar-refractivity contribution is 7.97. The first-order chi connectivity index (χ1) is 7.35. The predicted octanol–water partition coefficient (Wildman–Crippen LogP) is -0.751. The highest BCUT2D eigenvalue weighted by Gasteiger charge is 2.37. The van der Waals surface area contributed by atoms with Crippen molar-refractivity contribution in [2.24, 2.45) is 0 Å². The Morgan fingerprint density at radius 2 is 1.81 bits per heavy atom. The first-order valence-corrected chi connectivity index (χ1v) is 7.68. The van der Waals surface area contributed by atoms with E-state index >= 15 is 0 Å². The molecule has 1 atom stereocenters. The summed E-state index contributed by atoms with van der Waals surface area (Å²) in [5.41, 5.74) is 0. The van der Waals surface area contributed by atoms with Crippen molar-refractivity contribution >= 4 is 19.9 Å². The largest absolute Gasteiger partial charge is 0.313 e. The van der Waals surface area contributed by atoms with Gasteiger partial charge in [0.05, 0.1) is 0 Å². The van der Waals surface area contributed by atoms with Gasteiger partial charge in [0.25, 0.3) is 0 Å². The summed E-state index contributed by atoms with van der Waals surface area (Å²) in [4.78, 5) is 0. The van der Waals surface area contributed by atoms with Crippen LogP contribution in [0.5, 0.6) is 0 Å². The zero-order valence-electron chi connectivity index (χ0n) is 8.66. The molecule has 0 radical (unpaired) electrons. The minimum Gasteiger partial charge on any atom is -0.313 e. The summed E-state index contributed by atoms with van der Waals surface area (Å²) in [5.74, 6) is 0. The minimum atomic E-state index is -3.73. The lowest BCUT2D eigenvalue weighted by atomic mass is 10.4. The quantitative estimate of drug-likeness (QED) is 0.724. The molecule has 6 nitrogen and oxygen atoms in total. The number of hydrogen-bond acceptors (Lipinski definition) is 5. The molecule has 1 unspecified atom stereocenters. The van der Waals surface area contributed by atoms with E-state index in [0.717, 1.165) is 15.1 Å². The van der Waals surface area contributed by atoms with Gasteiger partial charge < -0.3 is 5.32 Å². The maximum atomic E-state index is 11.6. The molecule has 0 amide bonds. The second kappa shape index (κ2) is 4.66. The molecule has 16 heavy (non-hydrogen) atoms. The van der Waals surface area contributed by atoms with Crippen molar-refractivity contribution in [3.05, 3.63) is 24.0 Å². The second-order valence-electron chi connectivity index (χ2n) is 3.24. The van der Waals surface area contributed by atoms with Crippen molar-refractivity contribution in [3.63, 3.8) is 0 Å². The number of hydrogen-bond donors (Lipinski definition) is 1. The predicted molar refractivity (Wildman–Crippen MR) is 61.6 cm³/mol. The van der Waals surface area contributed by atoms with Crippen LogP contribution >= 0.6 is 0 Å². The molecule has 0 saturated carbocycles. The number of rotatable bonds is 4. The third-order valence-electron chi connectivity index (χ3n) is 2.30. The molecule has 0 spiro atoms. The fourth-order valence-electron chi connectivity index (χ4n) is 1.44. The Labute approximate surface area is 95.6 Å². The lowest BCUT2D eigenvalue weighted by Crippen LogP contribution is -2.55. The van der Waals surface area contributed by atoms with Crippen molar-refractivity contribution in [2.75, 3.05) is 19.6 Å². The van der Waals surface area contributed by atoms with Crippen molar-refractivity contribution in [3.8, 4) is 0 Å². The molecule has 92 valence electrons. The summed E-state index contributed by atoms with van der Waals surface area (Å²) in [6.45, 7) is 6.94. The van der Waals surface area contributed by atoms with Crippen LogP contribution in [0.2, 0.25) is 0 Å². The van der Waals surface area contributed by atoms with E-state index < -0.39 is 25.2 Å². The van der Waals surface area contributed by atoms with Gasteiger partial charge in [0.2, 0.25) is 10.0 Å². The number of sulfonamides is 1. The van der Waals surface area contributed by atoms with E-state index in [2.05, 4.69) is 18.5 Å². The average Bonchev–Trinajstić information content (AvgIpc) is 2.29. The van der Waals surface area contributed by atoms with Crippen molar-refractivity contribution in [2.45, 2.75) is 5.37 Å². The van der Waals surface area contributed by atoms with E-state index in [-0.39, 0.29) is 13.1 Å². The van der Waals surface area contributed by atoms with E-state index in [1.807, 2.05) is 0 Å². The van der Waals surface area contributed by atoms with Gasteiger partial charge in [-0.05, 0) is 0 Å². The summed E-state index contributed by atoms with van der Waals surface area (Å²) in [6, 6.07) is 0. The van der Waals surface area contributed by atoms with Gasteiger partial charge in [0.1, 0.15) is 5.37 Å². The Morgan fingerprint density at radius 1 is 1.19 bits per heavy atom. The van der Waals surface area contributed by atoms with E-state index in [1.165, 1.54) is 0 Å². The van der Waals surface area contributed by atoms with Gasteiger partial charge in [-0.1, -0.05) is 13.2 Å². The van der Waals surface area contributed by atoms with Gasteiger partial charge in [0.15, 0.2) is 9.84 Å². The van der Waals surface area contributed by atoms with Crippen LogP contribution in [0.3, 0.4) is 0 Å². The molecule has 1 aliphatic heterocycles. The van der Waals surface area contributed by atoms with Crippen molar-refractivity contribution in [1.82, 2.24) is 9.62 Å². The third kappa shape index (κ3) is 2.51. The van der Waals surface area contributed by atoms with E-state index in [1.54, 1.807) is 0 Å². The number of nitrogens with one attached hydrogen (secondary N) is 1. The van der Waals surface area contributed by atoms with Crippen LogP contribution in [-0.4, -0.2) is 46.1 Å². The molecule has 1 aliphatic rings. The maximum absolute atomic E-state index is 11.6. The molecular formula is C8H14N2O4S2. The van der Waals surface area contributed by atoms with Gasteiger partial charge in [-0.2, -0.15) is 4.31 Å². The smallest absolute Gasteiger partial charge is 0.236 e. The average molecular weight is 266 g/mol. The van der Waals surface area contributed by atoms with Crippen LogP contribution in [0.4, 0.5) is 0 Å². The molecule has 1 N–H and O–H groups in total. The Hall–Kier alpha value is -0.700. The topological polar surface area (TPSA) is 83.6 Å². The Kier molecular flexibility index (Phi) is 3.89.